The smallest absolute Gasteiger partial charge is 0.229 e. The van der Waals surface area contributed by atoms with Crippen LogP contribution in [0.4, 0.5) is 0 Å². The third-order valence-electron chi connectivity index (χ3n) is 0.942. The van der Waals surface area contributed by atoms with E-state index in [1.165, 1.54) is 12.5 Å². The fourth-order valence-corrected chi connectivity index (χ4v) is 0.507. The third kappa shape index (κ3) is 4.27. The van der Waals surface area contributed by atoms with Gasteiger partial charge in [-0.3, -0.25) is 0 Å². The minimum absolute atomic E-state index is 0.389. The highest BCUT2D eigenvalue weighted by Crippen LogP contribution is 1.88. The molecular weight excluding hydrogens is 148 g/mol. The molecule has 0 amide bonds. The quantitative estimate of drug-likeness (QED) is 0.526. The SMILES string of the molecule is C1=COCO1.C1=COCOC1. The Kier molecular flexibility index (Phi) is 4.05. The second-order valence-corrected chi connectivity index (χ2v) is 1.75. The van der Waals surface area contributed by atoms with E-state index in [2.05, 4.69) is 14.2 Å². The molecule has 0 aromatic carbocycles. The van der Waals surface area contributed by atoms with Crippen LogP contribution in [0.3, 0.4) is 0 Å². The van der Waals surface area contributed by atoms with E-state index in [9.17, 15) is 0 Å². The van der Waals surface area contributed by atoms with E-state index in [0.29, 0.717) is 20.2 Å². The van der Waals surface area contributed by atoms with Crippen LogP contribution in [0.25, 0.3) is 0 Å². The lowest BCUT2D eigenvalue weighted by atomic mass is 10.7. The second kappa shape index (κ2) is 5.61. The van der Waals surface area contributed by atoms with Crippen molar-refractivity contribution in [3.63, 3.8) is 0 Å². The molecule has 0 saturated carbocycles. The maximum atomic E-state index is 4.76. The third-order valence-corrected chi connectivity index (χ3v) is 0.942. The van der Waals surface area contributed by atoms with Crippen LogP contribution in [0.15, 0.2) is 24.9 Å². The van der Waals surface area contributed by atoms with Crippen molar-refractivity contribution in [2.45, 2.75) is 0 Å². The Morgan fingerprint density at radius 2 is 1.55 bits per heavy atom. The molecule has 2 heterocycles. The molecule has 2 aliphatic rings. The van der Waals surface area contributed by atoms with Gasteiger partial charge in [0.25, 0.3) is 0 Å². The normalized spacial score (nSPS) is 18.9. The molecule has 11 heavy (non-hydrogen) atoms. The van der Waals surface area contributed by atoms with Crippen molar-refractivity contribution in [3.8, 4) is 0 Å². The predicted octanol–water partition coefficient (Wildman–Crippen LogP) is 0.966. The van der Waals surface area contributed by atoms with E-state index in [-0.39, 0.29) is 0 Å². The summed E-state index contributed by atoms with van der Waals surface area (Å²) in [4.78, 5) is 0. The molecule has 2 rings (SSSR count). The summed E-state index contributed by atoms with van der Waals surface area (Å²) >= 11 is 0. The van der Waals surface area contributed by atoms with Crippen molar-refractivity contribution in [1.82, 2.24) is 0 Å². The first kappa shape index (κ1) is 7.94. The van der Waals surface area contributed by atoms with Gasteiger partial charge in [-0.1, -0.05) is 0 Å². The zero-order valence-corrected chi connectivity index (χ0v) is 6.06. The highest BCUT2D eigenvalue weighted by atomic mass is 16.7. The van der Waals surface area contributed by atoms with E-state index < -0.39 is 0 Å². The van der Waals surface area contributed by atoms with Gasteiger partial charge in [-0.25, -0.2) is 0 Å². The number of ether oxygens (including phenoxy) is 4. The summed E-state index contributed by atoms with van der Waals surface area (Å²) in [5.74, 6) is 0. The van der Waals surface area contributed by atoms with E-state index >= 15 is 0 Å². The molecule has 0 aliphatic carbocycles. The van der Waals surface area contributed by atoms with Crippen molar-refractivity contribution in [1.29, 1.82) is 0 Å². The summed E-state index contributed by atoms with van der Waals surface area (Å²) < 4.78 is 18.5. The van der Waals surface area contributed by atoms with Gasteiger partial charge in [0.05, 0.1) is 12.9 Å². The molecule has 2 aliphatic heterocycles. The topological polar surface area (TPSA) is 36.9 Å². The van der Waals surface area contributed by atoms with Crippen molar-refractivity contribution < 1.29 is 18.9 Å². The van der Waals surface area contributed by atoms with Gasteiger partial charge in [-0.05, 0) is 6.08 Å². The highest BCUT2D eigenvalue weighted by molar-refractivity contribution is 4.73. The highest BCUT2D eigenvalue weighted by Gasteiger charge is 1.85. The van der Waals surface area contributed by atoms with Gasteiger partial charge in [0.2, 0.25) is 6.79 Å². The number of rotatable bonds is 0. The molecule has 62 valence electrons. The lowest BCUT2D eigenvalue weighted by Gasteiger charge is -2.03. The monoisotopic (exact) mass is 158 g/mol. The minimum Gasteiger partial charge on any atom is -0.475 e. The molecular formula is C7H10O4. The van der Waals surface area contributed by atoms with Crippen LogP contribution in [0.1, 0.15) is 0 Å². The molecule has 4 heteroatoms. The van der Waals surface area contributed by atoms with Gasteiger partial charge in [0.1, 0.15) is 12.5 Å². The van der Waals surface area contributed by atoms with Gasteiger partial charge >= 0.3 is 0 Å². The van der Waals surface area contributed by atoms with Crippen LogP contribution in [0.5, 0.6) is 0 Å². The average molecular weight is 158 g/mol. The summed E-state index contributed by atoms with van der Waals surface area (Å²) in [5.41, 5.74) is 0. The summed E-state index contributed by atoms with van der Waals surface area (Å²) in [6.07, 6.45) is 6.49. The molecule has 0 saturated heterocycles. The summed E-state index contributed by atoms with van der Waals surface area (Å²) in [6, 6.07) is 0. The van der Waals surface area contributed by atoms with Crippen LogP contribution < -0.4 is 0 Å². The summed E-state index contributed by atoms with van der Waals surface area (Å²) in [5, 5.41) is 0. The summed E-state index contributed by atoms with van der Waals surface area (Å²) in [6.45, 7) is 1.50. The first-order valence-electron chi connectivity index (χ1n) is 3.23. The largest absolute Gasteiger partial charge is 0.475 e. The Morgan fingerprint density at radius 3 is 1.73 bits per heavy atom. The first-order valence-corrected chi connectivity index (χ1v) is 3.23. The molecule has 0 radical (unpaired) electrons. The lowest BCUT2D eigenvalue weighted by Crippen LogP contribution is -1.99. The fraction of sp³-hybridized carbons (Fsp3) is 0.429. The fourth-order valence-electron chi connectivity index (χ4n) is 0.507. The molecule has 0 unspecified atom stereocenters. The Bertz CT molecular complexity index is 127. The van der Waals surface area contributed by atoms with E-state index in [1.54, 1.807) is 6.26 Å². The Hall–Kier alpha value is -1.16. The number of hydrogen-bond acceptors (Lipinski definition) is 4. The molecule has 0 aromatic rings. The molecule has 0 fully saturated rings. The van der Waals surface area contributed by atoms with Crippen LogP contribution in [-0.4, -0.2) is 20.2 Å². The Morgan fingerprint density at radius 1 is 0.818 bits per heavy atom. The molecule has 4 nitrogen and oxygen atoms in total. The van der Waals surface area contributed by atoms with Crippen LogP contribution in [-0.2, 0) is 18.9 Å². The zero-order valence-electron chi connectivity index (χ0n) is 6.06. The second-order valence-electron chi connectivity index (χ2n) is 1.75. The maximum absolute atomic E-state index is 4.76. The van der Waals surface area contributed by atoms with E-state index in [4.69, 9.17) is 4.74 Å². The van der Waals surface area contributed by atoms with Crippen molar-refractivity contribution in [2.24, 2.45) is 0 Å². The van der Waals surface area contributed by atoms with Crippen molar-refractivity contribution in [2.75, 3.05) is 20.2 Å². The van der Waals surface area contributed by atoms with Gasteiger partial charge in [0.15, 0.2) is 6.79 Å². The van der Waals surface area contributed by atoms with Crippen LogP contribution in [0.2, 0.25) is 0 Å². The molecule has 0 spiro atoms. The molecule has 0 aromatic heterocycles. The zero-order chi connectivity index (χ0) is 7.78. The van der Waals surface area contributed by atoms with Gasteiger partial charge < -0.3 is 18.9 Å². The van der Waals surface area contributed by atoms with Gasteiger partial charge in [0, 0.05) is 0 Å². The van der Waals surface area contributed by atoms with Crippen LogP contribution >= 0.6 is 0 Å². The summed E-state index contributed by atoms with van der Waals surface area (Å²) in [7, 11) is 0. The lowest BCUT2D eigenvalue weighted by molar-refractivity contribution is -0.0147. The van der Waals surface area contributed by atoms with E-state index in [1.807, 2.05) is 6.08 Å². The van der Waals surface area contributed by atoms with Gasteiger partial charge in [-0.2, -0.15) is 0 Å². The average Bonchev–Trinajstić information content (AvgIpc) is 2.64. The first-order chi connectivity index (χ1) is 5.50. The maximum Gasteiger partial charge on any atom is 0.229 e. The predicted molar refractivity (Wildman–Crippen MR) is 37.2 cm³/mol. The Balaban J connectivity index is 0.000000112. The molecule has 0 bridgehead atoms. The number of hydrogen-bond donors (Lipinski definition) is 0. The molecule has 0 N–H and O–H groups in total. The minimum atomic E-state index is 0.389. The van der Waals surface area contributed by atoms with Gasteiger partial charge in [-0.15, -0.1) is 0 Å². The van der Waals surface area contributed by atoms with Crippen molar-refractivity contribution in [3.05, 3.63) is 24.9 Å². The standard InChI is InChI=1S/C4H6O2.C3H4O2/c1-2-5-4-6-3-1;1-2-5-3-4-1/h1-2H,3-4H2;1-2H,3H2. The van der Waals surface area contributed by atoms with Crippen LogP contribution in [0, 0.1) is 0 Å². The Labute approximate surface area is 65.0 Å². The van der Waals surface area contributed by atoms with E-state index in [0.717, 1.165) is 0 Å². The molecule has 0 atom stereocenters. The van der Waals surface area contributed by atoms with Crippen molar-refractivity contribution >= 4 is 0 Å².